The number of carboxylic acids is 1. The van der Waals surface area contributed by atoms with E-state index in [2.05, 4.69) is 17.1 Å². The molecule has 0 aliphatic heterocycles. The molecule has 0 aliphatic rings. The molecule has 0 aromatic carbocycles. The smallest absolute Gasteiger partial charge is 0.341 e. The van der Waals surface area contributed by atoms with Crippen LogP contribution in [0.4, 0.5) is 0 Å². The molecule has 0 radical (unpaired) electrons. The lowest BCUT2D eigenvalue weighted by molar-refractivity contribution is 0.0689. The van der Waals surface area contributed by atoms with Gasteiger partial charge in [0.05, 0.1) is 12.3 Å². The van der Waals surface area contributed by atoms with Crippen molar-refractivity contribution in [3.8, 4) is 5.88 Å². The summed E-state index contributed by atoms with van der Waals surface area (Å²) in [6.45, 7) is 6.15. The highest BCUT2D eigenvalue weighted by atomic mass is 16.5. The molecular formula is C15H24N2O3. The molecule has 0 fully saturated rings. The van der Waals surface area contributed by atoms with E-state index in [1.807, 2.05) is 0 Å². The van der Waals surface area contributed by atoms with Crippen LogP contribution < -0.4 is 4.74 Å². The summed E-state index contributed by atoms with van der Waals surface area (Å²) in [5.74, 6) is -0.882. The number of rotatable bonds is 9. The summed E-state index contributed by atoms with van der Waals surface area (Å²) >= 11 is 0. The highest BCUT2D eigenvalue weighted by molar-refractivity contribution is 5.91. The summed E-state index contributed by atoms with van der Waals surface area (Å²) in [7, 11) is 0. The molecule has 20 heavy (non-hydrogen) atoms. The molecule has 0 bridgehead atoms. The SMILES string of the molecule is CCCCCCCCOc1nnc(C)c(C)c1C(=O)O. The molecule has 112 valence electrons. The Kier molecular flexibility index (Phi) is 6.98. The number of aryl methyl sites for hydroxylation is 1. The Morgan fingerprint density at radius 2 is 1.75 bits per heavy atom. The Morgan fingerprint density at radius 3 is 2.40 bits per heavy atom. The minimum atomic E-state index is -1.02. The first-order chi connectivity index (χ1) is 9.57. The van der Waals surface area contributed by atoms with E-state index < -0.39 is 5.97 Å². The highest BCUT2D eigenvalue weighted by Crippen LogP contribution is 2.20. The molecule has 0 saturated heterocycles. The van der Waals surface area contributed by atoms with E-state index in [0.29, 0.717) is 17.9 Å². The minimum absolute atomic E-state index is 0.128. The molecular weight excluding hydrogens is 256 g/mol. The van der Waals surface area contributed by atoms with Crippen LogP contribution in [0.1, 0.15) is 67.1 Å². The van der Waals surface area contributed by atoms with E-state index in [1.165, 1.54) is 25.7 Å². The predicted molar refractivity (Wildman–Crippen MR) is 77.3 cm³/mol. The van der Waals surface area contributed by atoms with Crippen LogP contribution in [-0.4, -0.2) is 27.9 Å². The van der Waals surface area contributed by atoms with E-state index in [4.69, 9.17) is 4.74 Å². The first-order valence-corrected chi connectivity index (χ1v) is 7.27. The van der Waals surface area contributed by atoms with Gasteiger partial charge in [-0.15, -0.1) is 5.10 Å². The maximum Gasteiger partial charge on any atom is 0.341 e. The van der Waals surface area contributed by atoms with Crippen molar-refractivity contribution in [2.45, 2.75) is 59.3 Å². The second-order valence-electron chi connectivity index (χ2n) is 5.01. The van der Waals surface area contributed by atoms with Gasteiger partial charge in [-0.25, -0.2) is 4.79 Å². The summed E-state index contributed by atoms with van der Waals surface area (Å²) in [4.78, 5) is 11.3. The fourth-order valence-electron chi connectivity index (χ4n) is 1.99. The number of aromatic carboxylic acids is 1. The second-order valence-corrected chi connectivity index (χ2v) is 5.01. The van der Waals surface area contributed by atoms with Crippen LogP contribution in [0.5, 0.6) is 5.88 Å². The standard InChI is InChI=1S/C15H24N2O3/c1-4-5-6-7-8-9-10-20-14-13(15(18)19)11(2)12(3)16-17-14/h4-10H2,1-3H3,(H,18,19). The molecule has 1 aromatic heterocycles. The van der Waals surface area contributed by atoms with Crippen molar-refractivity contribution in [2.75, 3.05) is 6.61 Å². The van der Waals surface area contributed by atoms with Gasteiger partial charge in [0.15, 0.2) is 0 Å². The minimum Gasteiger partial charge on any atom is -0.477 e. The molecule has 5 nitrogen and oxygen atoms in total. The van der Waals surface area contributed by atoms with Gasteiger partial charge in [-0.05, 0) is 25.8 Å². The van der Waals surface area contributed by atoms with Gasteiger partial charge >= 0.3 is 5.97 Å². The van der Waals surface area contributed by atoms with Crippen LogP contribution in [0, 0.1) is 13.8 Å². The molecule has 1 aromatic rings. The van der Waals surface area contributed by atoms with Crippen molar-refractivity contribution in [2.24, 2.45) is 0 Å². The van der Waals surface area contributed by atoms with Crippen molar-refractivity contribution < 1.29 is 14.6 Å². The molecule has 1 heterocycles. The lowest BCUT2D eigenvalue weighted by Gasteiger charge is -2.10. The largest absolute Gasteiger partial charge is 0.477 e. The monoisotopic (exact) mass is 280 g/mol. The van der Waals surface area contributed by atoms with Gasteiger partial charge in [0.25, 0.3) is 0 Å². The third-order valence-electron chi connectivity index (χ3n) is 3.37. The van der Waals surface area contributed by atoms with Crippen LogP contribution in [0.25, 0.3) is 0 Å². The fraction of sp³-hybridized carbons (Fsp3) is 0.667. The molecule has 0 amide bonds. The van der Waals surface area contributed by atoms with Gasteiger partial charge in [-0.3, -0.25) is 0 Å². The van der Waals surface area contributed by atoms with E-state index in [-0.39, 0.29) is 11.4 Å². The number of aromatic nitrogens is 2. The topological polar surface area (TPSA) is 72.3 Å². The molecule has 1 rings (SSSR count). The van der Waals surface area contributed by atoms with Gasteiger partial charge < -0.3 is 9.84 Å². The van der Waals surface area contributed by atoms with Crippen LogP contribution in [0.2, 0.25) is 0 Å². The molecule has 0 unspecified atom stereocenters. The Morgan fingerprint density at radius 1 is 1.10 bits per heavy atom. The molecule has 0 aliphatic carbocycles. The number of carbonyl (C=O) groups is 1. The van der Waals surface area contributed by atoms with E-state index in [0.717, 1.165) is 12.8 Å². The van der Waals surface area contributed by atoms with Gasteiger partial charge in [0, 0.05) is 0 Å². The average molecular weight is 280 g/mol. The number of ether oxygens (including phenoxy) is 1. The first kappa shape index (κ1) is 16.4. The fourth-order valence-corrected chi connectivity index (χ4v) is 1.99. The lowest BCUT2D eigenvalue weighted by atomic mass is 10.1. The lowest BCUT2D eigenvalue weighted by Crippen LogP contribution is -2.11. The summed E-state index contributed by atoms with van der Waals surface area (Å²) in [6, 6.07) is 0. The van der Waals surface area contributed by atoms with Crippen molar-refractivity contribution in [3.63, 3.8) is 0 Å². The Labute approximate surface area is 120 Å². The van der Waals surface area contributed by atoms with Crippen molar-refractivity contribution in [3.05, 3.63) is 16.8 Å². The summed E-state index contributed by atoms with van der Waals surface area (Å²) in [5.41, 5.74) is 1.36. The van der Waals surface area contributed by atoms with Crippen LogP contribution in [-0.2, 0) is 0 Å². The van der Waals surface area contributed by atoms with E-state index in [1.54, 1.807) is 13.8 Å². The number of hydrogen-bond acceptors (Lipinski definition) is 4. The summed E-state index contributed by atoms with van der Waals surface area (Å²) in [6.07, 6.45) is 6.96. The van der Waals surface area contributed by atoms with Crippen LogP contribution in [0.15, 0.2) is 0 Å². The van der Waals surface area contributed by atoms with Gasteiger partial charge in [-0.1, -0.05) is 39.0 Å². The van der Waals surface area contributed by atoms with Gasteiger partial charge in [0.1, 0.15) is 5.56 Å². The maximum atomic E-state index is 11.3. The average Bonchev–Trinajstić information content (AvgIpc) is 2.41. The van der Waals surface area contributed by atoms with Crippen LogP contribution >= 0.6 is 0 Å². The third kappa shape index (κ3) is 4.79. The summed E-state index contributed by atoms with van der Waals surface area (Å²) < 4.78 is 5.49. The zero-order valence-corrected chi connectivity index (χ0v) is 12.6. The Hall–Kier alpha value is -1.65. The highest BCUT2D eigenvalue weighted by Gasteiger charge is 2.18. The second kappa shape index (κ2) is 8.51. The molecule has 0 saturated carbocycles. The molecule has 0 atom stereocenters. The predicted octanol–water partition coefficient (Wildman–Crippen LogP) is 3.53. The van der Waals surface area contributed by atoms with E-state index in [9.17, 15) is 9.90 Å². The maximum absolute atomic E-state index is 11.3. The quantitative estimate of drug-likeness (QED) is 0.700. The van der Waals surface area contributed by atoms with Crippen LogP contribution in [0.3, 0.4) is 0 Å². The zero-order chi connectivity index (χ0) is 15.0. The molecule has 1 N–H and O–H groups in total. The third-order valence-corrected chi connectivity index (χ3v) is 3.37. The number of nitrogens with zero attached hydrogens (tertiary/aromatic N) is 2. The normalized spacial score (nSPS) is 10.6. The Bertz CT molecular complexity index is 447. The number of unbranched alkanes of at least 4 members (excludes halogenated alkanes) is 5. The van der Waals surface area contributed by atoms with Crippen molar-refractivity contribution in [1.29, 1.82) is 0 Å². The molecule has 5 heteroatoms. The first-order valence-electron chi connectivity index (χ1n) is 7.27. The van der Waals surface area contributed by atoms with Crippen molar-refractivity contribution in [1.82, 2.24) is 10.2 Å². The Balaban J connectivity index is 2.48. The van der Waals surface area contributed by atoms with E-state index >= 15 is 0 Å². The zero-order valence-electron chi connectivity index (χ0n) is 12.6. The number of carboxylic acid groups (broad SMARTS) is 1. The molecule has 0 spiro atoms. The summed E-state index contributed by atoms with van der Waals surface area (Å²) in [5, 5.41) is 17.0. The van der Waals surface area contributed by atoms with Crippen molar-refractivity contribution >= 4 is 5.97 Å². The van der Waals surface area contributed by atoms with Gasteiger partial charge in [-0.2, -0.15) is 5.10 Å². The number of hydrogen-bond donors (Lipinski definition) is 1. The van der Waals surface area contributed by atoms with Gasteiger partial charge in [0.2, 0.25) is 5.88 Å².